The van der Waals surface area contributed by atoms with Gasteiger partial charge in [0.15, 0.2) is 0 Å². The molecule has 1 amide bonds. The first-order chi connectivity index (χ1) is 13.1. The maximum atomic E-state index is 12.4. The fourth-order valence-corrected chi connectivity index (χ4v) is 4.48. The van der Waals surface area contributed by atoms with E-state index in [1.54, 1.807) is 12.1 Å². The van der Waals surface area contributed by atoms with E-state index in [9.17, 15) is 13.2 Å². The number of nitrogens with one attached hydrogen (secondary N) is 2. The minimum atomic E-state index is -3.60. The number of carbonyl (C=O) groups is 1. The van der Waals surface area contributed by atoms with Crippen molar-refractivity contribution in [2.45, 2.75) is 57.3 Å². The Hall–Kier alpha value is -1.44. The van der Waals surface area contributed by atoms with Crippen molar-refractivity contribution >= 4 is 15.9 Å². The van der Waals surface area contributed by atoms with Crippen LogP contribution in [-0.2, 0) is 20.2 Å². The van der Waals surface area contributed by atoms with E-state index >= 15 is 0 Å². The minimum absolute atomic E-state index is 0.0277. The Bertz CT molecular complexity index is 739. The largest absolute Gasteiger partial charge is 0.355 e. The van der Waals surface area contributed by atoms with Gasteiger partial charge in [0.05, 0.1) is 4.90 Å². The maximum absolute atomic E-state index is 12.4. The Labute approximate surface area is 170 Å². The van der Waals surface area contributed by atoms with Crippen LogP contribution in [0.2, 0.25) is 0 Å². The van der Waals surface area contributed by atoms with Crippen molar-refractivity contribution in [2.75, 3.05) is 32.7 Å². The van der Waals surface area contributed by atoms with Gasteiger partial charge in [0.2, 0.25) is 15.9 Å². The first-order valence-electron chi connectivity index (χ1n) is 10.2. The molecule has 0 radical (unpaired) electrons. The first-order valence-corrected chi connectivity index (χ1v) is 11.7. The second-order valence-corrected chi connectivity index (χ2v) is 10.6. The molecule has 0 aromatic heterocycles. The third-order valence-electron chi connectivity index (χ3n) is 5.17. The lowest BCUT2D eigenvalue weighted by atomic mass is 9.87. The number of nitrogens with zero attached hydrogens (tertiary/aromatic N) is 1. The van der Waals surface area contributed by atoms with Gasteiger partial charge in [-0.3, -0.25) is 4.79 Å². The van der Waals surface area contributed by atoms with Crippen LogP contribution in [0.4, 0.5) is 0 Å². The first kappa shape index (κ1) is 22.8. The highest BCUT2D eigenvalue weighted by Gasteiger charge is 2.18. The summed E-state index contributed by atoms with van der Waals surface area (Å²) >= 11 is 0. The second kappa shape index (κ2) is 9.85. The summed E-state index contributed by atoms with van der Waals surface area (Å²) in [6.45, 7) is 12.2. The van der Waals surface area contributed by atoms with Crippen LogP contribution in [0.1, 0.15) is 52.5 Å². The van der Waals surface area contributed by atoms with E-state index < -0.39 is 10.0 Å². The molecule has 1 atom stereocenters. The Kier molecular flexibility index (Phi) is 8.04. The molecule has 1 aromatic rings. The van der Waals surface area contributed by atoms with Crippen molar-refractivity contribution in [3.05, 3.63) is 29.8 Å². The zero-order valence-electron chi connectivity index (χ0n) is 17.6. The van der Waals surface area contributed by atoms with Crippen molar-refractivity contribution in [3.8, 4) is 0 Å². The van der Waals surface area contributed by atoms with Gasteiger partial charge in [-0.1, -0.05) is 39.8 Å². The molecule has 6 nitrogen and oxygen atoms in total. The van der Waals surface area contributed by atoms with Crippen molar-refractivity contribution in [2.24, 2.45) is 5.92 Å². The summed E-state index contributed by atoms with van der Waals surface area (Å²) in [4.78, 5) is 14.6. The molecule has 158 valence electrons. The highest BCUT2D eigenvalue weighted by Crippen LogP contribution is 2.23. The van der Waals surface area contributed by atoms with E-state index in [0.29, 0.717) is 6.54 Å². The molecule has 28 heavy (non-hydrogen) atoms. The Morgan fingerprint density at radius 2 is 1.86 bits per heavy atom. The summed E-state index contributed by atoms with van der Waals surface area (Å²) < 4.78 is 27.3. The van der Waals surface area contributed by atoms with E-state index in [1.807, 2.05) is 12.1 Å². The van der Waals surface area contributed by atoms with Crippen molar-refractivity contribution in [1.82, 2.24) is 14.9 Å². The molecule has 1 saturated heterocycles. The predicted octanol–water partition coefficient (Wildman–Crippen LogP) is 2.50. The van der Waals surface area contributed by atoms with E-state index in [2.05, 4.69) is 42.6 Å². The lowest BCUT2D eigenvalue weighted by molar-refractivity contribution is -0.121. The van der Waals surface area contributed by atoms with E-state index in [0.717, 1.165) is 31.1 Å². The molecule has 1 aliphatic heterocycles. The molecule has 0 bridgehead atoms. The van der Waals surface area contributed by atoms with Gasteiger partial charge in [0, 0.05) is 32.6 Å². The molecule has 0 spiro atoms. The van der Waals surface area contributed by atoms with Crippen LogP contribution in [0.3, 0.4) is 0 Å². The molecule has 1 unspecified atom stereocenters. The van der Waals surface area contributed by atoms with E-state index in [-0.39, 0.29) is 29.2 Å². The summed E-state index contributed by atoms with van der Waals surface area (Å²) in [7, 11) is -3.60. The minimum Gasteiger partial charge on any atom is -0.355 e. The molecular weight excluding hydrogens is 374 g/mol. The van der Waals surface area contributed by atoms with Crippen LogP contribution < -0.4 is 10.0 Å². The number of rotatable bonds is 8. The van der Waals surface area contributed by atoms with Crippen LogP contribution >= 0.6 is 0 Å². The molecule has 1 heterocycles. The van der Waals surface area contributed by atoms with Gasteiger partial charge in [0.25, 0.3) is 0 Å². The maximum Gasteiger partial charge on any atom is 0.240 e. The molecule has 0 saturated carbocycles. The van der Waals surface area contributed by atoms with Crippen LogP contribution in [0.25, 0.3) is 0 Å². The number of likely N-dealkylation sites (tertiary alicyclic amines) is 1. The van der Waals surface area contributed by atoms with Gasteiger partial charge in [-0.05, 0) is 48.4 Å². The van der Waals surface area contributed by atoms with Crippen molar-refractivity contribution in [3.63, 3.8) is 0 Å². The highest BCUT2D eigenvalue weighted by atomic mass is 32.2. The quantitative estimate of drug-likeness (QED) is 0.691. The predicted molar refractivity (Wildman–Crippen MR) is 113 cm³/mol. The summed E-state index contributed by atoms with van der Waals surface area (Å²) in [5.41, 5.74) is 1.05. The molecule has 1 aromatic carbocycles. The van der Waals surface area contributed by atoms with Gasteiger partial charge in [-0.2, -0.15) is 0 Å². The third-order valence-corrected chi connectivity index (χ3v) is 6.64. The second-order valence-electron chi connectivity index (χ2n) is 8.82. The summed E-state index contributed by atoms with van der Waals surface area (Å²) in [5, 5.41) is 2.88. The number of hydrogen-bond acceptors (Lipinski definition) is 4. The van der Waals surface area contributed by atoms with Gasteiger partial charge in [-0.25, -0.2) is 13.1 Å². The molecule has 0 aliphatic carbocycles. The average molecular weight is 410 g/mol. The van der Waals surface area contributed by atoms with Crippen molar-refractivity contribution in [1.29, 1.82) is 0 Å². The topological polar surface area (TPSA) is 78.5 Å². The Balaban J connectivity index is 1.71. The smallest absolute Gasteiger partial charge is 0.240 e. The number of hydrogen-bond donors (Lipinski definition) is 2. The number of benzene rings is 1. The van der Waals surface area contributed by atoms with Crippen LogP contribution in [0.5, 0.6) is 0 Å². The monoisotopic (exact) mass is 409 g/mol. The van der Waals surface area contributed by atoms with E-state index in [4.69, 9.17) is 0 Å². The van der Waals surface area contributed by atoms with Crippen LogP contribution in [0, 0.1) is 5.92 Å². The fraction of sp³-hybridized carbons (Fsp3) is 0.667. The number of piperidine rings is 1. The normalized spacial score (nSPS) is 18.8. The van der Waals surface area contributed by atoms with Gasteiger partial charge >= 0.3 is 0 Å². The summed E-state index contributed by atoms with van der Waals surface area (Å²) in [6, 6.07) is 6.90. The van der Waals surface area contributed by atoms with Gasteiger partial charge < -0.3 is 10.2 Å². The van der Waals surface area contributed by atoms with Crippen molar-refractivity contribution < 1.29 is 13.2 Å². The lowest BCUT2D eigenvalue weighted by Gasteiger charge is -2.30. The molecular formula is C21H35N3O3S. The molecule has 1 fully saturated rings. The van der Waals surface area contributed by atoms with E-state index in [1.165, 1.54) is 12.8 Å². The summed E-state index contributed by atoms with van der Waals surface area (Å²) in [5.74, 6) is 0.590. The van der Waals surface area contributed by atoms with Gasteiger partial charge in [-0.15, -0.1) is 0 Å². The fourth-order valence-electron chi connectivity index (χ4n) is 3.45. The number of carbonyl (C=O) groups excluding carboxylic acids is 1. The Morgan fingerprint density at radius 3 is 2.46 bits per heavy atom. The van der Waals surface area contributed by atoms with Crippen LogP contribution in [0.15, 0.2) is 29.2 Å². The molecule has 7 heteroatoms. The van der Waals surface area contributed by atoms with Crippen LogP contribution in [-0.4, -0.2) is 51.9 Å². The molecule has 2 N–H and O–H groups in total. The number of sulfonamides is 1. The third kappa shape index (κ3) is 7.18. The standard InChI is InChI=1S/C21H35N3O3S/c1-17-6-5-14-24(16-17)15-13-22-20(25)11-12-23-28(26,27)19-9-7-18(8-10-19)21(2,3)4/h7-10,17,23H,5-6,11-16H2,1-4H3,(H,22,25). The summed E-state index contributed by atoms with van der Waals surface area (Å²) in [6.07, 6.45) is 2.63. The molecule has 2 rings (SSSR count). The highest BCUT2D eigenvalue weighted by molar-refractivity contribution is 7.89. The lowest BCUT2D eigenvalue weighted by Crippen LogP contribution is -2.40. The van der Waals surface area contributed by atoms with Gasteiger partial charge in [0.1, 0.15) is 0 Å². The SMILES string of the molecule is CC1CCCN(CCNC(=O)CCNS(=O)(=O)c2ccc(C(C)(C)C)cc2)C1. The number of amides is 1. The Morgan fingerprint density at radius 1 is 1.18 bits per heavy atom. The zero-order valence-corrected chi connectivity index (χ0v) is 18.4. The zero-order chi connectivity index (χ0) is 20.8. The molecule has 1 aliphatic rings. The average Bonchev–Trinajstić information content (AvgIpc) is 2.61.